The van der Waals surface area contributed by atoms with Gasteiger partial charge in [0.15, 0.2) is 0 Å². The molecule has 6 aromatic rings. The first-order valence-corrected chi connectivity index (χ1v) is 20.8. The second-order valence-corrected chi connectivity index (χ2v) is 16.6. The second kappa shape index (κ2) is 17.5. The number of pyridine rings is 2. The van der Waals surface area contributed by atoms with Crippen molar-refractivity contribution < 1.29 is 28.0 Å². The topological polar surface area (TPSA) is 153 Å². The molecule has 4 aromatic carbocycles. The highest BCUT2D eigenvalue weighted by molar-refractivity contribution is 6.36. The van der Waals surface area contributed by atoms with Crippen LogP contribution in [0, 0.1) is 11.6 Å². The lowest BCUT2D eigenvalue weighted by atomic mass is 9.95. The van der Waals surface area contributed by atoms with Gasteiger partial charge in [-0.1, -0.05) is 88.9 Å². The van der Waals surface area contributed by atoms with Crippen LogP contribution >= 0.6 is 46.4 Å². The number of carbonyl (C=O) groups excluding carboxylic acids is 4. The number of halogens is 6. The highest BCUT2D eigenvalue weighted by atomic mass is 35.5. The van der Waals surface area contributed by atoms with Crippen LogP contribution in [0.1, 0.15) is 91.1 Å². The Kier molecular flexibility index (Phi) is 12.0. The van der Waals surface area contributed by atoms with Crippen LogP contribution in [0.25, 0.3) is 11.1 Å². The normalized spacial score (nSPS) is 16.2. The molecule has 314 valence electrons. The molecule has 62 heavy (non-hydrogen) atoms. The standard InChI is InChI=1S/C46H34Cl4F2N6O4/c47-26-17-33-29(36(51)19-26)10-12-38(33)57(45(61)31-14-16-56-22-35(31)49)41(43(53)59)24-8-6-23(7-9-24)28-4-1-5-32(40(28)50)46(62)58(42(44(54)60)25-3-2-15-55-21-25)39-13-11-30-34(39)18-27(48)20-37(30)52/h1-9,14-22,38-39,41-42H,10-13H2,(H2,53,59)(H2,54,60)/t38-,39-,41-,42-/m1/s1. The summed E-state index contributed by atoms with van der Waals surface area (Å²) in [7, 11) is 0. The van der Waals surface area contributed by atoms with Gasteiger partial charge in [0.2, 0.25) is 11.8 Å². The number of nitrogens with two attached hydrogens (primary N) is 2. The van der Waals surface area contributed by atoms with Crippen LogP contribution in [-0.4, -0.2) is 43.4 Å². The number of rotatable bonds is 11. The Labute approximate surface area is 374 Å². The third-order valence-electron chi connectivity index (χ3n) is 11.4. The number of nitrogens with zero attached hydrogens (tertiary/aromatic N) is 4. The Morgan fingerprint density at radius 1 is 0.629 bits per heavy atom. The van der Waals surface area contributed by atoms with Crippen molar-refractivity contribution in [3.63, 3.8) is 0 Å². The smallest absolute Gasteiger partial charge is 0.256 e. The highest BCUT2D eigenvalue weighted by Crippen LogP contribution is 2.46. The Balaban J connectivity index is 1.19. The molecule has 0 unspecified atom stereocenters. The summed E-state index contributed by atoms with van der Waals surface area (Å²) < 4.78 is 30.3. The molecule has 0 saturated heterocycles. The molecular weight excluding hydrogens is 880 g/mol. The number of primary amides is 2. The monoisotopic (exact) mass is 912 g/mol. The van der Waals surface area contributed by atoms with E-state index >= 15 is 8.78 Å². The summed E-state index contributed by atoms with van der Waals surface area (Å²) >= 11 is 26.2. The average molecular weight is 915 g/mol. The van der Waals surface area contributed by atoms with Gasteiger partial charge in [0.05, 0.1) is 33.3 Å². The minimum absolute atomic E-state index is 0.0196. The van der Waals surface area contributed by atoms with Crippen LogP contribution in [0.15, 0.2) is 110 Å². The molecular formula is C46H34Cl4F2N6O4. The van der Waals surface area contributed by atoms with E-state index in [0.29, 0.717) is 44.5 Å². The van der Waals surface area contributed by atoms with Crippen molar-refractivity contribution in [3.05, 3.63) is 186 Å². The van der Waals surface area contributed by atoms with Gasteiger partial charge in [-0.05, 0) is 102 Å². The third kappa shape index (κ3) is 7.88. The second-order valence-electron chi connectivity index (χ2n) is 15.0. The molecule has 8 rings (SSSR count). The molecule has 0 radical (unpaired) electrons. The zero-order valence-corrected chi connectivity index (χ0v) is 35.4. The number of carbonyl (C=O) groups is 4. The number of fused-ring (bicyclic) bond motifs is 2. The predicted molar refractivity (Wildman–Crippen MR) is 232 cm³/mol. The lowest BCUT2D eigenvalue weighted by Gasteiger charge is -2.36. The zero-order valence-electron chi connectivity index (χ0n) is 32.4. The molecule has 2 heterocycles. The lowest BCUT2D eigenvalue weighted by molar-refractivity contribution is -0.124. The molecule has 4 atom stereocenters. The molecule has 2 aromatic heterocycles. The first-order chi connectivity index (χ1) is 29.7. The van der Waals surface area contributed by atoms with Gasteiger partial charge in [0.25, 0.3) is 11.8 Å². The van der Waals surface area contributed by atoms with Crippen LogP contribution in [0.3, 0.4) is 0 Å². The van der Waals surface area contributed by atoms with Gasteiger partial charge in [-0.25, -0.2) is 8.78 Å². The van der Waals surface area contributed by atoms with Gasteiger partial charge in [0.1, 0.15) is 23.7 Å². The van der Waals surface area contributed by atoms with Crippen LogP contribution < -0.4 is 11.5 Å². The quantitative estimate of drug-likeness (QED) is 0.132. The first-order valence-electron chi connectivity index (χ1n) is 19.3. The van der Waals surface area contributed by atoms with E-state index in [9.17, 15) is 19.2 Å². The Hall–Kier alpha value is -5.92. The maximum absolute atomic E-state index is 15.2. The fourth-order valence-electron chi connectivity index (χ4n) is 8.75. The molecule has 2 aliphatic rings. The predicted octanol–water partition coefficient (Wildman–Crippen LogP) is 9.75. The summed E-state index contributed by atoms with van der Waals surface area (Å²) in [4.78, 5) is 67.0. The summed E-state index contributed by atoms with van der Waals surface area (Å²) in [6, 6.07) is 17.2. The minimum atomic E-state index is -1.37. The Morgan fingerprint density at radius 3 is 1.71 bits per heavy atom. The van der Waals surface area contributed by atoms with Crippen LogP contribution in [0.4, 0.5) is 8.78 Å². The van der Waals surface area contributed by atoms with E-state index in [1.54, 1.807) is 60.7 Å². The van der Waals surface area contributed by atoms with Gasteiger partial charge in [-0.2, -0.15) is 0 Å². The van der Waals surface area contributed by atoms with Gasteiger partial charge >= 0.3 is 0 Å². The van der Waals surface area contributed by atoms with Crippen molar-refractivity contribution in [2.75, 3.05) is 0 Å². The summed E-state index contributed by atoms with van der Waals surface area (Å²) in [5.74, 6) is -4.07. The van der Waals surface area contributed by atoms with Gasteiger partial charge in [-0.3, -0.25) is 29.1 Å². The molecule has 16 heteroatoms. The molecule has 0 aliphatic heterocycles. The molecule has 0 bridgehead atoms. The minimum Gasteiger partial charge on any atom is -0.368 e. The largest absolute Gasteiger partial charge is 0.368 e. The van der Waals surface area contributed by atoms with Crippen molar-refractivity contribution in [3.8, 4) is 11.1 Å². The summed E-state index contributed by atoms with van der Waals surface area (Å²) in [6.45, 7) is 0. The van der Waals surface area contributed by atoms with E-state index in [0.717, 1.165) is 0 Å². The lowest BCUT2D eigenvalue weighted by Crippen LogP contribution is -2.43. The SMILES string of the molecule is NC(=O)[C@@H](c1ccc(-c2cccc(C(=O)N([C@@H]3CCc4c(F)cc(Cl)cc43)[C@@H](C(N)=O)c3cccnc3)c2Cl)cc1)N(C(=O)c1ccncc1Cl)[C@@H]1CCc2c(F)cc(Cl)cc21. The summed E-state index contributed by atoms with van der Waals surface area (Å²) in [5.41, 5.74) is 15.4. The van der Waals surface area contributed by atoms with Gasteiger partial charge in [-0.15, -0.1) is 0 Å². The van der Waals surface area contributed by atoms with E-state index in [1.807, 2.05) is 0 Å². The van der Waals surface area contributed by atoms with E-state index in [-0.39, 0.29) is 56.9 Å². The van der Waals surface area contributed by atoms with Crippen molar-refractivity contribution in [1.29, 1.82) is 0 Å². The Bertz CT molecular complexity index is 2780. The maximum Gasteiger partial charge on any atom is 0.256 e. The summed E-state index contributed by atoms with van der Waals surface area (Å²) in [6.07, 6.45) is 6.72. The molecule has 4 amide bonds. The van der Waals surface area contributed by atoms with E-state index < -0.39 is 59.4 Å². The zero-order chi connectivity index (χ0) is 44.0. The molecule has 0 saturated carbocycles. The van der Waals surface area contributed by atoms with Crippen LogP contribution in [-0.2, 0) is 22.4 Å². The van der Waals surface area contributed by atoms with Crippen LogP contribution in [0.5, 0.6) is 0 Å². The van der Waals surface area contributed by atoms with Crippen molar-refractivity contribution in [1.82, 2.24) is 19.8 Å². The van der Waals surface area contributed by atoms with Crippen molar-refractivity contribution in [2.45, 2.75) is 49.9 Å². The molecule has 0 fully saturated rings. The number of hydrogen-bond acceptors (Lipinski definition) is 6. The van der Waals surface area contributed by atoms with Gasteiger partial charge < -0.3 is 21.3 Å². The average Bonchev–Trinajstić information content (AvgIpc) is 3.86. The first kappa shape index (κ1) is 42.8. The molecule has 10 nitrogen and oxygen atoms in total. The van der Waals surface area contributed by atoms with Crippen LogP contribution in [0.2, 0.25) is 20.1 Å². The molecule has 0 spiro atoms. The number of amides is 4. The summed E-state index contributed by atoms with van der Waals surface area (Å²) in [5, 5.41) is 0.309. The molecule has 4 N–H and O–H groups in total. The van der Waals surface area contributed by atoms with Crippen molar-refractivity contribution >= 4 is 70.0 Å². The Morgan fingerprint density at radius 2 is 1.18 bits per heavy atom. The fraction of sp³-hybridized carbons (Fsp3) is 0.174. The number of benzene rings is 4. The molecule has 2 aliphatic carbocycles. The van der Waals surface area contributed by atoms with E-state index in [2.05, 4.69) is 9.97 Å². The fourth-order valence-corrected chi connectivity index (χ4v) is 9.69. The van der Waals surface area contributed by atoms with Crippen molar-refractivity contribution in [2.24, 2.45) is 11.5 Å². The maximum atomic E-state index is 15.2. The number of hydrogen-bond donors (Lipinski definition) is 2. The number of aromatic nitrogens is 2. The third-order valence-corrected chi connectivity index (χ3v) is 12.6. The van der Waals surface area contributed by atoms with E-state index in [4.69, 9.17) is 57.9 Å². The highest BCUT2D eigenvalue weighted by Gasteiger charge is 2.43. The van der Waals surface area contributed by atoms with Gasteiger partial charge in [0, 0.05) is 46.0 Å². The van der Waals surface area contributed by atoms with E-state index in [1.165, 1.54) is 58.9 Å².